The van der Waals surface area contributed by atoms with Crippen molar-refractivity contribution >= 4 is 29.5 Å². The minimum Gasteiger partial charge on any atom is -0.465 e. The van der Waals surface area contributed by atoms with E-state index >= 15 is 0 Å². The molecule has 2 heterocycles. The molecule has 6 nitrogen and oxygen atoms in total. The monoisotopic (exact) mass is 407 g/mol. The predicted octanol–water partition coefficient (Wildman–Crippen LogP) is 4.29. The van der Waals surface area contributed by atoms with Gasteiger partial charge in [-0.15, -0.1) is 0 Å². The maximum Gasteiger partial charge on any atom is 0.338 e. The molecule has 0 atom stereocenters. The molecule has 1 amide bonds. The molecule has 3 aromatic rings. The Balaban J connectivity index is 1.91. The Labute approximate surface area is 173 Å². The average molecular weight is 407 g/mol. The lowest BCUT2D eigenvalue weighted by atomic mass is 10.0. The predicted molar refractivity (Wildman–Crippen MR) is 116 cm³/mol. The molecule has 0 unspecified atom stereocenters. The Kier molecular flexibility index (Phi) is 6.97. The summed E-state index contributed by atoms with van der Waals surface area (Å²) in [4.78, 5) is 32.8. The van der Waals surface area contributed by atoms with Gasteiger partial charge in [0, 0.05) is 30.1 Å². The molecular formula is C22H21N3O3S. The van der Waals surface area contributed by atoms with Crippen LogP contribution in [0, 0.1) is 0 Å². The van der Waals surface area contributed by atoms with Crippen molar-refractivity contribution in [1.82, 2.24) is 9.97 Å². The van der Waals surface area contributed by atoms with Crippen LogP contribution in [0.4, 0.5) is 5.82 Å². The third-order valence-electron chi connectivity index (χ3n) is 4.22. The molecule has 29 heavy (non-hydrogen) atoms. The van der Waals surface area contributed by atoms with Gasteiger partial charge in [-0.3, -0.25) is 9.78 Å². The second-order valence-corrected chi connectivity index (χ2v) is 7.21. The van der Waals surface area contributed by atoms with Crippen LogP contribution in [0.25, 0.3) is 22.4 Å². The van der Waals surface area contributed by atoms with E-state index in [1.54, 1.807) is 30.2 Å². The quantitative estimate of drug-likeness (QED) is 0.589. The zero-order valence-electron chi connectivity index (χ0n) is 16.2. The van der Waals surface area contributed by atoms with Crippen molar-refractivity contribution in [3.8, 4) is 22.4 Å². The molecular weight excluding hydrogens is 386 g/mol. The van der Waals surface area contributed by atoms with Crippen LogP contribution in [0.15, 0.2) is 60.9 Å². The van der Waals surface area contributed by atoms with Crippen LogP contribution >= 0.6 is 11.8 Å². The molecule has 0 saturated carbocycles. The number of carbonyl (C=O) groups is 2. The number of hydrogen-bond acceptors (Lipinski definition) is 6. The molecule has 0 fully saturated rings. The third kappa shape index (κ3) is 5.42. The van der Waals surface area contributed by atoms with E-state index in [1.807, 2.05) is 42.7 Å². The number of pyridine rings is 2. The highest BCUT2D eigenvalue weighted by Gasteiger charge is 2.13. The molecule has 0 aliphatic heterocycles. The van der Waals surface area contributed by atoms with Gasteiger partial charge in [0.1, 0.15) is 5.82 Å². The first-order valence-electron chi connectivity index (χ1n) is 9.00. The van der Waals surface area contributed by atoms with Crippen molar-refractivity contribution in [3.05, 3.63) is 66.5 Å². The van der Waals surface area contributed by atoms with E-state index < -0.39 is 5.97 Å². The minimum absolute atomic E-state index is 0.147. The van der Waals surface area contributed by atoms with Crippen molar-refractivity contribution < 1.29 is 14.3 Å². The fourth-order valence-corrected chi connectivity index (χ4v) is 3.13. The number of nitrogens with zero attached hydrogens (tertiary/aromatic N) is 2. The molecule has 1 N–H and O–H groups in total. The van der Waals surface area contributed by atoms with Gasteiger partial charge in [-0.1, -0.05) is 30.3 Å². The third-order valence-corrected chi connectivity index (χ3v) is 4.84. The molecule has 7 heteroatoms. The number of anilines is 1. The van der Waals surface area contributed by atoms with Crippen LogP contribution < -0.4 is 5.32 Å². The van der Waals surface area contributed by atoms with Crippen LogP contribution in [0.1, 0.15) is 16.8 Å². The van der Waals surface area contributed by atoms with Gasteiger partial charge >= 0.3 is 5.97 Å². The van der Waals surface area contributed by atoms with E-state index in [4.69, 9.17) is 4.74 Å². The van der Waals surface area contributed by atoms with Crippen molar-refractivity contribution in [2.45, 2.75) is 6.42 Å². The van der Waals surface area contributed by atoms with Crippen LogP contribution in [-0.4, -0.2) is 41.0 Å². The molecule has 0 aliphatic carbocycles. The number of benzene rings is 1. The van der Waals surface area contributed by atoms with E-state index in [0.29, 0.717) is 29.2 Å². The average Bonchev–Trinajstić information content (AvgIpc) is 2.77. The maximum atomic E-state index is 12.1. The first kappa shape index (κ1) is 20.5. The fraction of sp³-hybridized carbons (Fsp3) is 0.182. The smallest absolute Gasteiger partial charge is 0.338 e. The largest absolute Gasteiger partial charge is 0.465 e. The number of ether oxygens (including phenoxy) is 1. The highest BCUT2D eigenvalue weighted by Crippen LogP contribution is 2.25. The van der Waals surface area contributed by atoms with Gasteiger partial charge < -0.3 is 10.1 Å². The summed E-state index contributed by atoms with van der Waals surface area (Å²) in [5.41, 5.74) is 3.76. The van der Waals surface area contributed by atoms with E-state index in [0.717, 1.165) is 16.7 Å². The molecule has 0 saturated heterocycles. The van der Waals surface area contributed by atoms with Gasteiger partial charge in [-0.25, -0.2) is 9.78 Å². The zero-order valence-corrected chi connectivity index (χ0v) is 17.0. The molecule has 148 valence electrons. The molecule has 0 spiro atoms. The number of esters is 1. The SMILES string of the molecule is COC(=O)c1cc(NC(=O)CCSC)nc(-c2ccc(-c3cccnc3)cc2)c1. The van der Waals surface area contributed by atoms with Crippen molar-refractivity contribution in [2.24, 2.45) is 0 Å². The lowest BCUT2D eigenvalue weighted by molar-refractivity contribution is -0.115. The lowest BCUT2D eigenvalue weighted by Gasteiger charge is -2.10. The summed E-state index contributed by atoms with van der Waals surface area (Å²) in [6.45, 7) is 0. The summed E-state index contributed by atoms with van der Waals surface area (Å²) in [5, 5.41) is 2.76. The summed E-state index contributed by atoms with van der Waals surface area (Å²) in [6.07, 6.45) is 5.85. The summed E-state index contributed by atoms with van der Waals surface area (Å²) >= 11 is 1.59. The Morgan fingerprint density at radius 2 is 1.83 bits per heavy atom. The topological polar surface area (TPSA) is 81.2 Å². The number of rotatable bonds is 7. The number of hydrogen-bond donors (Lipinski definition) is 1. The fourth-order valence-electron chi connectivity index (χ4n) is 2.75. The maximum absolute atomic E-state index is 12.1. The number of thioether (sulfide) groups is 1. The first-order chi connectivity index (χ1) is 14.1. The highest BCUT2D eigenvalue weighted by molar-refractivity contribution is 7.98. The number of methoxy groups -OCH3 is 1. The van der Waals surface area contributed by atoms with Crippen molar-refractivity contribution in [3.63, 3.8) is 0 Å². The van der Waals surface area contributed by atoms with E-state index in [9.17, 15) is 9.59 Å². The second kappa shape index (κ2) is 9.84. The van der Waals surface area contributed by atoms with Gasteiger partial charge in [-0.05, 0) is 35.6 Å². The van der Waals surface area contributed by atoms with Crippen LogP contribution in [0.5, 0.6) is 0 Å². The summed E-state index contributed by atoms with van der Waals surface area (Å²) in [6, 6.07) is 14.8. The van der Waals surface area contributed by atoms with Crippen LogP contribution in [0.2, 0.25) is 0 Å². The van der Waals surface area contributed by atoms with E-state index in [-0.39, 0.29) is 5.91 Å². The van der Waals surface area contributed by atoms with Gasteiger partial charge in [0.15, 0.2) is 0 Å². The van der Waals surface area contributed by atoms with E-state index in [2.05, 4.69) is 15.3 Å². The van der Waals surface area contributed by atoms with Crippen LogP contribution in [0.3, 0.4) is 0 Å². The van der Waals surface area contributed by atoms with Crippen molar-refractivity contribution in [1.29, 1.82) is 0 Å². The van der Waals surface area contributed by atoms with Gasteiger partial charge in [0.25, 0.3) is 0 Å². The molecule has 1 aromatic carbocycles. The minimum atomic E-state index is -0.486. The molecule has 0 aliphatic rings. The molecule has 2 aromatic heterocycles. The van der Waals surface area contributed by atoms with Crippen LogP contribution in [-0.2, 0) is 9.53 Å². The standard InChI is InChI=1S/C22H21N3O3S/c1-28-22(27)18-12-19(24-20(13-18)25-21(26)9-11-29-2)16-7-5-15(6-8-16)17-4-3-10-23-14-17/h3-8,10,12-14H,9,11H2,1-2H3,(H,24,25,26). The molecule has 0 bridgehead atoms. The summed E-state index contributed by atoms with van der Waals surface area (Å²) in [5.74, 6) is 0.405. The second-order valence-electron chi connectivity index (χ2n) is 6.23. The number of nitrogens with one attached hydrogen (secondary N) is 1. The lowest BCUT2D eigenvalue weighted by Crippen LogP contribution is -2.14. The number of aromatic nitrogens is 2. The molecule has 0 radical (unpaired) electrons. The Morgan fingerprint density at radius 1 is 1.07 bits per heavy atom. The normalized spacial score (nSPS) is 10.4. The summed E-state index contributed by atoms with van der Waals surface area (Å²) < 4.78 is 4.84. The van der Waals surface area contributed by atoms with Crippen molar-refractivity contribution in [2.75, 3.05) is 24.4 Å². The number of carbonyl (C=O) groups excluding carboxylic acids is 2. The Bertz CT molecular complexity index is 992. The van der Waals surface area contributed by atoms with Gasteiger partial charge in [-0.2, -0.15) is 11.8 Å². The van der Waals surface area contributed by atoms with Gasteiger partial charge in [0.2, 0.25) is 5.91 Å². The Hall–Kier alpha value is -3.19. The molecule has 3 rings (SSSR count). The van der Waals surface area contributed by atoms with E-state index in [1.165, 1.54) is 13.2 Å². The first-order valence-corrected chi connectivity index (χ1v) is 10.4. The summed E-state index contributed by atoms with van der Waals surface area (Å²) in [7, 11) is 1.32. The highest BCUT2D eigenvalue weighted by atomic mass is 32.2. The zero-order chi connectivity index (χ0) is 20.6. The number of amides is 1. The van der Waals surface area contributed by atoms with Gasteiger partial charge in [0.05, 0.1) is 18.4 Å². The Morgan fingerprint density at radius 3 is 2.48 bits per heavy atom.